The lowest BCUT2D eigenvalue weighted by molar-refractivity contribution is 0.464. The molecule has 6 heteroatoms. The summed E-state index contributed by atoms with van der Waals surface area (Å²) in [5, 5.41) is 11.4. The van der Waals surface area contributed by atoms with Crippen molar-refractivity contribution in [2.24, 2.45) is 0 Å². The van der Waals surface area contributed by atoms with Crippen molar-refractivity contribution in [2.75, 3.05) is 0 Å². The molecule has 2 N–H and O–H groups in total. The molecule has 0 aliphatic rings. The van der Waals surface area contributed by atoms with Gasteiger partial charge in [-0.15, -0.1) is 0 Å². The van der Waals surface area contributed by atoms with Crippen molar-refractivity contribution in [3.8, 4) is 17.1 Å². The first kappa shape index (κ1) is 18.9. The molecule has 0 amide bonds. The van der Waals surface area contributed by atoms with Gasteiger partial charge in [-0.3, -0.25) is 4.79 Å². The molecule has 0 radical (unpaired) electrons. The molecule has 0 aliphatic heterocycles. The van der Waals surface area contributed by atoms with Crippen LogP contribution in [0.5, 0.6) is 5.75 Å². The van der Waals surface area contributed by atoms with E-state index in [1.165, 1.54) is 6.07 Å². The van der Waals surface area contributed by atoms with Gasteiger partial charge in [-0.25, -0.2) is 9.78 Å². The number of nitrogens with zero attached hydrogens (tertiary/aromatic N) is 1. The predicted molar refractivity (Wildman–Crippen MR) is 113 cm³/mol. The third-order valence-corrected chi connectivity index (χ3v) is 5.10. The molecule has 0 aliphatic carbocycles. The number of rotatable bonds is 6. The van der Waals surface area contributed by atoms with Crippen LogP contribution < -0.4 is 11.2 Å². The van der Waals surface area contributed by atoms with Gasteiger partial charge in [0.1, 0.15) is 22.7 Å². The summed E-state index contributed by atoms with van der Waals surface area (Å²) >= 11 is 0. The monoisotopic (exact) mass is 390 g/mol. The molecule has 148 valence electrons. The lowest BCUT2D eigenvalue weighted by atomic mass is 10.0. The highest BCUT2D eigenvalue weighted by Crippen LogP contribution is 2.28. The number of phenols is 1. The van der Waals surface area contributed by atoms with Gasteiger partial charge >= 0.3 is 5.63 Å². The summed E-state index contributed by atoms with van der Waals surface area (Å²) in [7, 11) is 0. The van der Waals surface area contributed by atoms with Gasteiger partial charge in [0.2, 0.25) is 0 Å². The molecule has 0 unspecified atom stereocenters. The molecule has 29 heavy (non-hydrogen) atoms. The number of aryl methyl sites for hydroxylation is 1. The van der Waals surface area contributed by atoms with Crippen molar-refractivity contribution in [1.29, 1.82) is 0 Å². The lowest BCUT2D eigenvalue weighted by Gasteiger charge is -2.08. The normalized spacial score (nSPS) is 11.3. The Hall–Kier alpha value is -3.41. The van der Waals surface area contributed by atoms with Crippen molar-refractivity contribution in [2.45, 2.75) is 39.0 Å². The minimum atomic E-state index is -0.619. The molecule has 4 aromatic rings. The predicted octanol–water partition coefficient (Wildman–Crippen LogP) is 4.52. The highest BCUT2D eigenvalue weighted by Gasteiger charge is 2.14. The van der Waals surface area contributed by atoms with E-state index in [-0.39, 0.29) is 22.7 Å². The van der Waals surface area contributed by atoms with Gasteiger partial charge in [0.25, 0.3) is 5.56 Å². The van der Waals surface area contributed by atoms with Crippen molar-refractivity contribution in [3.63, 3.8) is 0 Å². The molecule has 0 spiro atoms. The Labute approximate surface area is 166 Å². The number of aromatic hydroxyl groups is 1. The number of hydrogen-bond donors (Lipinski definition) is 2. The van der Waals surface area contributed by atoms with Crippen LogP contribution in [0.15, 0.2) is 56.5 Å². The van der Waals surface area contributed by atoms with Crippen LogP contribution in [0, 0.1) is 0 Å². The van der Waals surface area contributed by atoms with E-state index in [9.17, 15) is 14.7 Å². The number of aromatic amines is 1. The molecule has 0 fully saturated rings. The molecular weight excluding hydrogens is 368 g/mol. The molecule has 0 saturated heterocycles. The quantitative estimate of drug-likeness (QED) is 0.373. The molecule has 0 atom stereocenters. The fourth-order valence-corrected chi connectivity index (χ4v) is 3.52. The Morgan fingerprint density at radius 2 is 1.90 bits per heavy atom. The number of benzene rings is 2. The van der Waals surface area contributed by atoms with Gasteiger partial charge in [0.15, 0.2) is 0 Å². The van der Waals surface area contributed by atoms with E-state index >= 15 is 0 Å². The Morgan fingerprint density at radius 1 is 1.07 bits per heavy atom. The standard InChI is InChI=1S/C23H22N2O4/c1-2-3-4-5-8-14-11-15-12-17(23(28)29-20(15)13-19(14)26)21-24-18-10-7-6-9-16(18)22(27)25-21/h6-7,9-13,26H,2-5,8H2,1H3,(H,24,25,27). The molecule has 4 rings (SSSR count). The van der Waals surface area contributed by atoms with Gasteiger partial charge in [-0.1, -0.05) is 38.3 Å². The average Bonchev–Trinajstić information content (AvgIpc) is 2.71. The summed E-state index contributed by atoms with van der Waals surface area (Å²) < 4.78 is 5.40. The summed E-state index contributed by atoms with van der Waals surface area (Å²) in [6.45, 7) is 2.15. The van der Waals surface area contributed by atoms with Crippen LogP contribution in [0.4, 0.5) is 0 Å². The summed E-state index contributed by atoms with van der Waals surface area (Å²) in [5.41, 5.74) is 0.875. The van der Waals surface area contributed by atoms with E-state index in [0.29, 0.717) is 21.9 Å². The minimum absolute atomic E-state index is 0.127. The number of phenolic OH excluding ortho intramolecular Hbond substituents is 1. The van der Waals surface area contributed by atoms with Gasteiger partial charge in [-0.05, 0) is 42.7 Å². The highest BCUT2D eigenvalue weighted by atomic mass is 16.4. The maximum atomic E-state index is 12.5. The number of aromatic nitrogens is 2. The van der Waals surface area contributed by atoms with E-state index in [0.717, 1.165) is 37.7 Å². The van der Waals surface area contributed by atoms with Crippen molar-refractivity contribution < 1.29 is 9.52 Å². The zero-order valence-electron chi connectivity index (χ0n) is 16.2. The largest absolute Gasteiger partial charge is 0.508 e. The smallest absolute Gasteiger partial charge is 0.347 e. The maximum Gasteiger partial charge on any atom is 0.347 e. The van der Waals surface area contributed by atoms with Gasteiger partial charge in [-0.2, -0.15) is 0 Å². The third-order valence-electron chi connectivity index (χ3n) is 5.10. The van der Waals surface area contributed by atoms with E-state index in [1.807, 2.05) is 6.07 Å². The Bertz CT molecular complexity index is 1300. The van der Waals surface area contributed by atoms with Crippen LogP contribution >= 0.6 is 0 Å². The first-order chi connectivity index (χ1) is 14.1. The summed E-state index contributed by atoms with van der Waals surface area (Å²) in [4.78, 5) is 32.0. The van der Waals surface area contributed by atoms with Crippen LogP contribution in [0.3, 0.4) is 0 Å². The van der Waals surface area contributed by atoms with Crippen molar-refractivity contribution >= 4 is 21.9 Å². The maximum absolute atomic E-state index is 12.5. The van der Waals surface area contributed by atoms with Crippen LogP contribution in [-0.4, -0.2) is 15.1 Å². The zero-order valence-corrected chi connectivity index (χ0v) is 16.2. The van der Waals surface area contributed by atoms with Crippen LogP contribution in [0.2, 0.25) is 0 Å². The zero-order chi connectivity index (χ0) is 20.4. The number of H-pyrrole nitrogens is 1. The lowest BCUT2D eigenvalue weighted by Crippen LogP contribution is -2.13. The number of para-hydroxylation sites is 1. The second-order valence-electron chi connectivity index (χ2n) is 7.21. The first-order valence-electron chi connectivity index (χ1n) is 9.86. The van der Waals surface area contributed by atoms with Crippen LogP contribution in [0.1, 0.15) is 38.2 Å². The molecule has 0 saturated carbocycles. The van der Waals surface area contributed by atoms with Crippen LogP contribution in [0.25, 0.3) is 33.3 Å². The van der Waals surface area contributed by atoms with Crippen LogP contribution in [-0.2, 0) is 6.42 Å². The Morgan fingerprint density at radius 3 is 2.72 bits per heavy atom. The Balaban J connectivity index is 1.79. The van der Waals surface area contributed by atoms with E-state index in [4.69, 9.17) is 4.42 Å². The fourth-order valence-electron chi connectivity index (χ4n) is 3.52. The number of hydrogen-bond acceptors (Lipinski definition) is 5. The summed E-state index contributed by atoms with van der Waals surface area (Å²) in [5.74, 6) is 0.295. The second kappa shape index (κ2) is 7.91. The fraction of sp³-hybridized carbons (Fsp3) is 0.261. The number of fused-ring (bicyclic) bond motifs is 2. The second-order valence-corrected chi connectivity index (χ2v) is 7.21. The molecule has 2 aromatic carbocycles. The molecule has 6 nitrogen and oxygen atoms in total. The Kier molecular flexibility index (Phi) is 5.16. The summed E-state index contributed by atoms with van der Waals surface area (Å²) in [6.07, 6.45) is 5.15. The highest BCUT2D eigenvalue weighted by molar-refractivity contribution is 5.84. The van der Waals surface area contributed by atoms with Gasteiger partial charge in [0, 0.05) is 11.5 Å². The summed E-state index contributed by atoms with van der Waals surface area (Å²) in [6, 6.07) is 11.9. The first-order valence-corrected chi connectivity index (χ1v) is 9.86. The van der Waals surface area contributed by atoms with Gasteiger partial charge in [0.05, 0.1) is 10.9 Å². The van der Waals surface area contributed by atoms with Crippen molar-refractivity contribution in [3.05, 3.63) is 68.8 Å². The number of nitrogens with one attached hydrogen (secondary N) is 1. The molecule has 0 bridgehead atoms. The molecule has 2 heterocycles. The van der Waals surface area contributed by atoms with E-state index in [1.54, 1.807) is 30.3 Å². The third kappa shape index (κ3) is 3.78. The average molecular weight is 390 g/mol. The molecule has 2 aromatic heterocycles. The van der Waals surface area contributed by atoms with E-state index < -0.39 is 5.63 Å². The SMILES string of the molecule is CCCCCCc1cc2cc(-c3nc4ccccc4c(=O)[nH]3)c(=O)oc2cc1O. The van der Waals surface area contributed by atoms with E-state index in [2.05, 4.69) is 16.9 Å². The van der Waals surface area contributed by atoms with Crippen molar-refractivity contribution in [1.82, 2.24) is 9.97 Å². The molecular formula is C23H22N2O4. The number of unbranched alkanes of at least 4 members (excludes halogenated alkanes) is 3. The van der Waals surface area contributed by atoms with Gasteiger partial charge < -0.3 is 14.5 Å². The topological polar surface area (TPSA) is 96.2 Å². The minimum Gasteiger partial charge on any atom is -0.508 e.